The number of para-hydroxylation sites is 1. The molecule has 3 fully saturated rings. The number of ketones is 1. The first kappa shape index (κ1) is 15.6. The van der Waals surface area contributed by atoms with E-state index >= 15 is 0 Å². The Morgan fingerprint density at radius 1 is 1.17 bits per heavy atom. The van der Waals surface area contributed by atoms with Gasteiger partial charge in [-0.1, -0.05) is 12.1 Å². The summed E-state index contributed by atoms with van der Waals surface area (Å²) in [6.07, 6.45) is 3.53. The molecule has 5 nitrogen and oxygen atoms in total. The van der Waals surface area contributed by atoms with Gasteiger partial charge >= 0.3 is 6.09 Å². The Morgan fingerprint density at radius 2 is 1.83 bits per heavy atom. The molecule has 2 bridgehead atoms. The molecule has 6 heteroatoms. The third-order valence-corrected chi connectivity index (χ3v) is 6.93. The second-order valence-electron chi connectivity index (χ2n) is 7.26. The van der Waals surface area contributed by atoms with Crippen LogP contribution in [0.5, 0.6) is 0 Å². The van der Waals surface area contributed by atoms with E-state index in [4.69, 9.17) is 5.11 Å². The number of benzene rings is 1. The van der Waals surface area contributed by atoms with Crippen molar-refractivity contribution in [2.24, 2.45) is 5.41 Å². The number of fused-ring (bicyclic) bond motifs is 4. The largest absolute Gasteiger partial charge is 0.465 e. The van der Waals surface area contributed by atoms with E-state index < -0.39 is 6.09 Å². The molecule has 0 radical (unpaired) electrons. The van der Waals surface area contributed by atoms with Gasteiger partial charge in [0.2, 0.25) is 0 Å². The maximum Gasteiger partial charge on any atom is 0.405 e. The number of nitrogens with zero attached hydrogens (tertiary/aromatic N) is 1. The first-order valence-corrected chi connectivity index (χ1v) is 9.17. The number of aromatic nitrogens is 1. The van der Waals surface area contributed by atoms with Crippen molar-refractivity contribution in [2.45, 2.75) is 51.0 Å². The number of amides is 1. The number of rotatable bonds is 3. The molecular formula is C18H20N2O3S. The van der Waals surface area contributed by atoms with Gasteiger partial charge in [-0.3, -0.25) is 4.79 Å². The fourth-order valence-electron chi connectivity index (χ4n) is 4.35. The molecule has 2 aromatic rings. The number of hydrogen-bond donors (Lipinski definition) is 2. The standard InChI is InChI=1S/C18H20N2O3S/c1-11-3-2-4-12-13(11)19-15(24-12)14(21)17-5-8-18(9-6-17,10-7-17)20-16(22)23/h2-4,20H,5-10H2,1H3,(H,22,23). The summed E-state index contributed by atoms with van der Waals surface area (Å²) in [5, 5.41) is 12.4. The number of nitrogens with one attached hydrogen (secondary N) is 1. The summed E-state index contributed by atoms with van der Waals surface area (Å²) in [7, 11) is 0. The zero-order chi connectivity index (χ0) is 16.9. The predicted octanol–water partition coefficient (Wildman–Crippen LogP) is 4.15. The molecule has 5 rings (SSSR count). The van der Waals surface area contributed by atoms with Gasteiger partial charge in [0, 0.05) is 11.0 Å². The molecule has 3 aliphatic carbocycles. The van der Waals surface area contributed by atoms with Crippen LogP contribution in [0, 0.1) is 12.3 Å². The molecule has 2 N–H and O–H groups in total. The summed E-state index contributed by atoms with van der Waals surface area (Å²) in [6.45, 7) is 2.02. The number of carboxylic acid groups (broad SMARTS) is 1. The van der Waals surface area contributed by atoms with Crippen LogP contribution >= 0.6 is 11.3 Å². The van der Waals surface area contributed by atoms with Gasteiger partial charge in [0.25, 0.3) is 0 Å². The first-order valence-electron chi connectivity index (χ1n) is 8.35. The van der Waals surface area contributed by atoms with Gasteiger partial charge in [-0.25, -0.2) is 9.78 Å². The molecule has 0 atom stereocenters. The Hall–Kier alpha value is -1.95. The van der Waals surface area contributed by atoms with Crippen molar-refractivity contribution in [3.05, 3.63) is 28.8 Å². The van der Waals surface area contributed by atoms with E-state index in [1.807, 2.05) is 25.1 Å². The van der Waals surface area contributed by atoms with Crippen molar-refractivity contribution in [1.82, 2.24) is 10.3 Å². The molecule has 1 aromatic heterocycles. The molecule has 0 saturated heterocycles. The number of aryl methyl sites for hydroxylation is 1. The van der Waals surface area contributed by atoms with Gasteiger partial charge in [0.1, 0.15) is 0 Å². The number of thiazole rings is 1. The van der Waals surface area contributed by atoms with E-state index in [1.54, 1.807) is 0 Å². The van der Waals surface area contributed by atoms with Crippen LogP contribution in [0.3, 0.4) is 0 Å². The summed E-state index contributed by atoms with van der Waals surface area (Å²) < 4.78 is 1.06. The zero-order valence-corrected chi connectivity index (χ0v) is 14.4. The molecule has 0 unspecified atom stereocenters. The van der Waals surface area contributed by atoms with E-state index in [-0.39, 0.29) is 16.7 Å². The highest BCUT2D eigenvalue weighted by Gasteiger charge is 2.53. The van der Waals surface area contributed by atoms with Crippen molar-refractivity contribution in [3.63, 3.8) is 0 Å². The van der Waals surface area contributed by atoms with Gasteiger partial charge in [-0.2, -0.15) is 0 Å². The van der Waals surface area contributed by atoms with Crippen LogP contribution in [0.15, 0.2) is 18.2 Å². The summed E-state index contributed by atoms with van der Waals surface area (Å²) in [5.74, 6) is 0.159. The Morgan fingerprint density at radius 3 is 2.42 bits per heavy atom. The third-order valence-electron chi connectivity index (χ3n) is 5.92. The third kappa shape index (κ3) is 2.32. The second kappa shape index (κ2) is 5.28. The van der Waals surface area contributed by atoms with Crippen molar-refractivity contribution in [3.8, 4) is 0 Å². The maximum absolute atomic E-state index is 13.2. The smallest absolute Gasteiger partial charge is 0.405 e. The Bertz CT molecular complexity index is 817. The average Bonchev–Trinajstić information content (AvgIpc) is 3.00. The Balaban J connectivity index is 1.61. The van der Waals surface area contributed by atoms with E-state index in [2.05, 4.69) is 10.3 Å². The fraction of sp³-hybridized carbons (Fsp3) is 0.500. The number of Topliss-reactive ketones (excluding diaryl/α,β-unsaturated/α-hetero) is 1. The molecular weight excluding hydrogens is 324 g/mol. The summed E-state index contributed by atoms with van der Waals surface area (Å²) in [6, 6.07) is 6.02. The van der Waals surface area contributed by atoms with Gasteiger partial charge in [-0.15, -0.1) is 11.3 Å². The van der Waals surface area contributed by atoms with Crippen molar-refractivity contribution >= 4 is 33.4 Å². The molecule has 0 spiro atoms. The van der Waals surface area contributed by atoms with Crippen LogP contribution in [-0.4, -0.2) is 27.5 Å². The minimum Gasteiger partial charge on any atom is -0.465 e. The molecule has 1 heterocycles. The van der Waals surface area contributed by atoms with Crippen LogP contribution in [-0.2, 0) is 0 Å². The maximum atomic E-state index is 13.2. The van der Waals surface area contributed by atoms with Gasteiger partial charge in [0.05, 0.1) is 10.2 Å². The van der Waals surface area contributed by atoms with E-state index in [9.17, 15) is 9.59 Å². The summed E-state index contributed by atoms with van der Waals surface area (Å²) >= 11 is 1.48. The van der Waals surface area contributed by atoms with Crippen molar-refractivity contribution in [2.75, 3.05) is 0 Å². The van der Waals surface area contributed by atoms with E-state index in [1.165, 1.54) is 11.3 Å². The number of hydrogen-bond acceptors (Lipinski definition) is 4. The second-order valence-corrected chi connectivity index (χ2v) is 8.29. The molecule has 1 aromatic carbocycles. The average molecular weight is 344 g/mol. The van der Waals surface area contributed by atoms with Crippen LogP contribution in [0.2, 0.25) is 0 Å². The van der Waals surface area contributed by atoms with Gasteiger partial charge < -0.3 is 10.4 Å². The molecule has 24 heavy (non-hydrogen) atoms. The van der Waals surface area contributed by atoms with E-state index in [0.29, 0.717) is 5.01 Å². The Labute approximate surface area is 144 Å². The zero-order valence-electron chi connectivity index (χ0n) is 13.6. The fourth-order valence-corrected chi connectivity index (χ4v) is 5.46. The summed E-state index contributed by atoms with van der Waals surface area (Å²) in [5.41, 5.74) is 1.36. The lowest BCUT2D eigenvalue weighted by molar-refractivity contribution is 0.0247. The lowest BCUT2D eigenvalue weighted by Gasteiger charge is -2.52. The number of carbonyl (C=O) groups excluding carboxylic acids is 1. The number of carbonyl (C=O) groups is 2. The van der Waals surface area contributed by atoms with E-state index in [0.717, 1.165) is 54.3 Å². The molecule has 126 valence electrons. The Kier molecular flexibility index (Phi) is 3.42. The quantitative estimate of drug-likeness (QED) is 0.820. The van der Waals surface area contributed by atoms with Crippen LogP contribution in [0.1, 0.15) is 53.9 Å². The topological polar surface area (TPSA) is 79.3 Å². The SMILES string of the molecule is Cc1cccc2sc(C(=O)C34CCC(NC(=O)O)(CC3)CC4)nc12. The molecule has 0 aliphatic heterocycles. The lowest BCUT2D eigenvalue weighted by Crippen LogP contribution is -2.58. The van der Waals surface area contributed by atoms with Gasteiger partial charge in [0.15, 0.2) is 10.8 Å². The minimum absolute atomic E-state index is 0.159. The predicted molar refractivity (Wildman–Crippen MR) is 92.7 cm³/mol. The molecule has 3 saturated carbocycles. The van der Waals surface area contributed by atoms with Gasteiger partial charge in [-0.05, 0) is 57.1 Å². The molecule has 3 aliphatic rings. The van der Waals surface area contributed by atoms with Crippen molar-refractivity contribution in [1.29, 1.82) is 0 Å². The molecule has 1 amide bonds. The monoisotopic (exact) mass is 344 g/mol. The first-order chi connectivity index (χ1) is 11.4. The lowest BCUT2D eigenvalue weighted by atomic mass is 9.56. The minimum atomic E-state index is -0.961. The van der Waals surface area contributed by atoms with Crippen LogP contribution < -0.4 is 5.32 Å². The highest BCUT2D eigenvalue weighted by atomic mass is 32.1. The van der Waals surface area contributed by atoms with Crippen molar-refractivity contribution < 1.29 is 14.7 Å². The normalized spacial score (nSPS) is 28.9. The van der Waals surface area contributed by atoms with Crippen LogP contribution in [0.25, 0.3) is 10.2 Å². The summed E-state index contributed by atoms with van der Waals surface area (Å²) in [4.78, 5) is 28.8. The highest BCUT2D eigenvalue weighted by molar-refractivity contribution is 7.20. The highest BCUT2D eigenvalue weighted by Crippen LogP contribution is 2.54. The van der Waals surface area contributed by atoms with Crippen LogP contribution in [0.4, 0.5) is 4.79 Å².